The van der Waals surface area contributed by atoms with Crippen LogP contribution in [0.5, 0.6) is 11.6 Å². The van der Waals surface area contributed by atoms with Gasteiger partial charge in [-0.15, -0.1) is 11.3 Å². The van der Waals surface area contributed by atoms with Gasteiger partial charge in [-0.25, -0.2) is 9.78 Å². The average molecular weight is 351 g/mol. The molecular formula is C15H17N3O5S. The van der Waals surface area contributed by atoms with Crippen LogP contribution in [0.4, 0.5) is 4.79 Å². The van der Waals surface area contributed by atoms with Crippen LogP contribution in [0.3, 0.4) is 0 Å². The zero-order chi connectivity index (χ0) is 17.3. The van der Waals surface area contributed by atoms with Gasteiger partial charge in [0.05, 0.1) is 11.8 Å². The fraction of sp³-hybridized carbons (Fsp3) is 0.400. The van der Waals surface area contributed by atoms with Crippen LogP contribution < -0.4 is 20.5 Å². The van der Waals surface area contributed by atoms with Crippen molar-refractivity contribution >= 4 is 33.6 Å². The van der Waals surface area contributed by atoms with E-state index in [-0.39, 0.29) is 30.2 Å². The molecule has 9 heteroatoms. The lowest BCUT2D eigenvalue weighted by molar-refractivity contribution is 0.0996. The third-order valence-corrected chi connectivity index (χ3v) is 4.67. The molecule has 0 unspecified atom stereocenters. The minimum Gasteiger partial charge on any atom is -0.488 e. The molecule has 2 atom stereocenters. The van der Waals surface area contributed by atoms with Gasteiger partial charge in [-0.3, -0.25) is 4.79 Å². The van der Waals surface area contributed by atoms with Crippen molar-refractivity contribution in [1.82, 2.24) is 10.3 Å². The second-order valence-corrected chi connectivity index (χ2v) is 6.18. The van der Waals surface area contributed by atoms with Crippen molar-refractivity contribution in [3.8, 4) is 11.6 Å². The maximum Gasteiger partial charge on any atom is 0.407 e. The Labute approximate surface area is 141 Å². The standard InChI is InChI=1S/C15H17N3O5S/c1-3-9-8(17-15(20)23-9)5-22-10-6-24-11-4-7(13(16)19)14(21-2)18-12(10)11/h4,6,8-9H,3,5H2,1-2H3,(H2,16,19)(H,17,20)/t8-,9+/m1/s1. The third-order valence-electron chi connectivity index (χ3n) is 3.77. The molecule has 1 saturated heterocycles. The highest BCUT2D eigenvalue weighted by Crippen LogP contribution is 2.34. The van der Waals surface area contributed by atoms with Crippen LogP contribution in [0.15, 0.2) is 11.4 Å². The second kappa shape index (κ2) is 6.52. The molecule has 24 heavy (non-hydrogen) atoms. The Kier molecular flexibility index (Phi) is 4.43. The fourth-order valence-electron chi connectivity index (χ4n) is 2.55. The van der Waals surface area contributed by atoms with Gasteiger partial charge in [-0.1, -0.05) is 6.92 Å². The van der Waals surface area contributed by atoms with Crippen molar-refractivity contribution in [3.05, 3.63) is 17.0 Å². The average Bonchev–Trinajstić information content (AvgIpc) is 3.13. The highest BCUT2D eigenvalue weighted by molar-refractivity contribution is 7.17. The number of carbonyl (C=O) groups is 2. The van der Waals surface area contributed by atoms with E-state index in [0.717, 1.165) is 4.70 Å². The molecular weight excluding hydrogens is 334 g/mol. The van der Waals surface area contributed by atoms with Crippen LogP contribution in [0.25, 0.3) is 10.2 Å². The van der Waals surface area contributed by atoms with Gasteiger partial charge in [0.2, 0.25) is 5.88 Å². The van der Waals surface area contributed by atoms with Gasteiger partial charge in [-0.2, -0.15) is 0 Å². The van der Waals surface area contributed by atoms with E-state index in [1.165, 1.54) is 18.4 Å². The number of primary amides is 1. The first-order chi connectivity index (χ1) is 11.5. The summed E-state index contributed by atoms with van der Waals surface area (Å²) in [6.45, 7) is 2.20. The summed E-state index contributed by atoms with van der Waals surface area (Å²) in [5, 5.41) is 4.52. The highest BCUT2D eigenvalue weighted by Gasteiger charge is 2.33. The number of amides is 2. The molecule has 0 spiro atoms. The van der Waals surface area contributed by atoms with Crippen LogP contribution >= 0.6 is 11.3 Å². The van der Waals surface area contributed by atoms with E-state index < -0.39 is 12.0 Å². The van der Waals surface area contributed by atoms with E-state index in [2.05, 4.69) is 10.3 Å². The number of carbonyl (C=O) groups excluding carboxylic acids is 2. The van der Waals surface area contributed by atoms with Crippen LogP contribution in [-0.2, 0) is 4.74 Å². The monoisotopic (exact) mass is 351 g/mol. The van der Waals surface area contributed by atoms with Gasteiger partial charge in [0.1, 0.15) is 29.8 Å². The Morgan fingerprint density at radius 3 is 3.00 bits per heavy atom. The van der Waals surface area contributed by atoms with E-state index in [9.17, 15) is 9.59 Å². The highest BCUT2D eigenvalue weighted by atomic mass is 32.1. The number of nitrogens with one attached hydrogen (secondary N) is 1. The molecule has 2 amide bonds. The Morgan fingerprint density at radius 2 is 2.33 bits per heavy atom. The smallest absolute Gasteiger partial charge is 0.407 e. The summed E-state index contributed by atoms with van der Waals surface area (Å²) in [7, 11) is 1.42. The number of nitrogens with two attached hydrogens (primary N) is 1. The molecule has 3 rings (SSSR count). The van der Waals surface area contributed by atoms with Gasteiger partial charge >= 0.3 is 6.09 Å². The molecule has 0 aliphatic carbocycles. The number of nitrogens with zero attached hydrogens (tertiary/aromatic N) is 1. The van der Waals surface area contributed by atoms with Crippen molar-refractivity contribution in [3.63, 3.8) is 0 Å². The lowest BCUT2D eigenvalue weighted by Gasteiger charge is -2.15. The van der Waals surface area contributed by atoms with Gasteiger partial charge in [-0.05, 0) is 12.5 Å². The largest absolute Gasteiger partial charge is 0.488 e. The number of aromatic nitrogens is 1. The molecule has 0 aromatic carbocycles. The molecule has 128 valence electrons. The van der Waals surface area contributed by atoms with Crippen LogP contribution in [0.1, 0.15) is 23.7 Å². The molecule has 3 heterocycles. The third kappa shape index (κ3) is 2.94. The van der Waals surface area contributed by atoms with Crippen molar-refractivity contribution in [2.75, 3.05) is 13.7 Å². The molecule has 0 bridgehead atoms. The van der Waals surface area contributed by atoms with Gasteiger partial charge in [0.25, 0.3) is 5.91 Å². The number of fused-ring (bicyclic) bond motifs is 1. The molecule has 2 aromatic heterocycles. The molecule has 2 aromatic rings. The topological polar surface area (TPSA) is 113 Å². The number of ether oxygens (including phenoxy) is 3. The minimum absolute atomic E-state index is 0.155. The molecule has 1 aliphatic rings. The molecule has 0 radical (unpaired) electrons. The van der Waals surface area contributed by atoms with Crippen LogP contribution in [0.2, 0.25) is 0 Å². The summed E-state index contributed by atoms with van der Waals surface area (Å²) in [6, 6.07) is 1.42. The molecule has 8 nitrogen and oxygen atoms in total. The minimum atomic E-state index is -0.603. The van der Waals surface area contributed by atoms with Crippen LogP contribution in [-0.4, -0.2) is 42.8 Å². The van der Waals surface area contributed by atoms with E-state index in [1.54, 1.807) is 11.4 Å². The van der Waals surface area contributed by atoms with E-state index in [0.29, 0.717) is 17.7 Å². The van der Waals surface area contributed by atoms with Crippen LogP contribution in [0, 0.1) is 0 Å². The second-order valence-electron chi connectivity index (χ2n) is 5.27. The number of cyclic esters (lactones) is 1. The number of alkyl carbamates (subject to hydrolysis) is 1. The summed E-state index contributed by atoms with van der Waals surface area (Å²) < 4.78 is 16.8. The first-order valence-electron chi connectivity index (χ1n) is 7.39. The number of hydrogen-bond donors (Lipinski definition) is 2. The van der Waals surface area contributed by atoms with Gasteiger partial charge in [0, 0.05) is 5.38 Å². The lowest BCUT2D eigenvalue weighted by Crippen LogP contribution is -2.36. The quantitative estimate of drug-likeness (QED) is 0.818. The number of rotatable bonds is 6. The Bertz CT molecular complexity index is 791. The zero-order valence-electron chi connectivity index (χ0n) is 13.2. The summed E-state index contributed by atoms with van der Waals surface area (Å²) in [4.78, 5) is 27.1. The SMILES string of the molecule is CC[C@@H]1OC(=O)N[C@@H]1COc1csc2cc(C(N)=O)c(OC)nc12. The summed E-state index contributed by atoms with van der Waals surface area (Å²) in [5.74, 6) is 0.108. The first kappa shape index (κ1) is 16.3. The first-order valence-corrected chi connectivity index (χ1v) is 8.27. The van der Waals surface area contributed by atoms with E-state index in [4.69, 9.17) is 19.9 Å². The van der Waals surface area contributed by atoms with Gasteiger partial charge in [0.15, 0.2) is 5.75 Å². The number of pyridine rings is 1. The maximum absolute atomic E-state index is 11.5. The van der Waals surface area contributed by atoms with E-state index >= 15 is 0 Å². The summed E-state index contributed by atoms with van der Waals surface area (Å²) >= 11 is 1.38. The van der Waals surface area contributed by atoms with Crippen molar-refractivity contribution in [2.24, 2.45) is 5.73 Å². The number of hydrogen-bond acceptors (Lipinski definition) is 7. The zero-order valence-corrected chi connectivity index (χ0v) is 14.0. The number of thiophene rings is 1. The predicted molar refractivity (Wildman–Crippen MR) is 87.7 cm³/mol. The molecule has 3 N–H and O–H groups in total. The Morgan fingerprint density at radius 1 is 1.54 bits per heavy atom. The fourth-order valence-corrected chi connectivity index (χ4v) is 3.40. The summed E-state index contributed by atoms with van der Waals surface area (Å²) in [5.41, 5.74) is 6.14. The van der Waals surface area contributed by atoms with Crippen molar-refractivity contribution in [1.29, 1.82) is 0 Å². The molecule has 0 saturated carbocycles. The predicted octanol–water partition coefficient (Wildman–Crippen LogP) is 1.67. The van der Waals surface area contributed by atoms with Gasteiger partial charge < -0.3 is 25.3 Å². The Hall–Kier alpha value is -2.55. The maximum atomic E-state index is 11.5. The van der Waals surface area contributed by atoms with Crippen molar-refractivity contribution in [2.45, 2.75) is 25.5 Å². The van der Waals surface area contributed by atoms with Crippen molar-refractivity contribution < 1.29 is 23.8 Å². The molecule has 1 aliphatic heterocycles. The Balaban J connectivity index is 1.83. The van der Waals surface area contributed by atoms with E-state index in [1.807, 2.05) is 6.92 Å². The normalized spacial score (nSPS) is 19.8. The number of methoxy groups -OCH3 is 1. The summed E-state index contributed by atoms with van der Waals surface area (Å²) in [6.07, 6.45) is 0.0495. The molecule has 1 fully saturated rings. The lowest BCUT2D eigenvalue weighted by atomic mass is 10.1.